The standard InChI is InChI=1S/C18H20N2/c1-2-15-7-6-8-16-11-13-20(18(15)16)14-12-19-17-9-4-3-5-10-17/h3-11,13,19H,2,12,14H2,1H3. The Morgan fingerprint density at radius 1 is 0.950 bits per heavy atom. The van der Waals surface area contributed by atoms with Gasteiger partial charge in [0.2, 0.25) is 0 Å². The van der Waals surface area contributed by atoms with E-state index in [4.69, 9.17) is 0 Å². The molecule has 2 heteroatoms. The van der Waals surface area contributed by atoms with E-state index >= 15 is 0 Å². The first kappa shape index (κ1) is 12.8. The maximum atomic E-state index is 3.46. The topological polar surface area (TPSA) is 17.0 Å². The molecule has 1 heterocycles. The van der Waals surface area contributed by atoms with Crippen molar-refractivity contribution in [3.63, 3.8) is 0 Å². The minimum Gasteiger partial charge on any atom is -0.383 e. The van der Waals surface area contributed by atoms with Gasteiger partial charge in [0, 0.05) is 25.0 Å². The third-order valence-corrected chi connectivity index (χ3v) is 3.71. The number of anilines is 1. The summed E-state index contributed by atoms with van der Waals surface area (Å²) in [7, 11) is 0. The highest BCUT2D eigenvalue weighted by atomic mass is 15.0. The highest BCUT2D eigenvalue weighted by Gasteiger charge is 2.04. The van der Waals surface area contributed by atoms with Crippen molar-refractivity contribution in [2.45, 2.75) is 19.9 Å². The number of para-hydroxylation sites is 2. The molecule has 0 aliphatic heterocycles. The van der Waals surface area contributed by atoms with Crippen LogP contribution in [0.4, 0.5) is 5.69 Å². The smallest absolute Gasteiger partial charge is 0.0513 e. The maximum absolute atomic E-state index is 3.46. The van der Waals surface area contributed by atoms with Crippen LogP contribution in [0.15, 0.2) is 60.8 Å². The highest BCUT2D eigenvalue weighted by Crippen LogP contribution is 2.20. The number of aromatic nitrogens is 1. The minimum absolute atomic E-state index is 0.936. The zero-order chi connectivity index (χ0) is 13.8. The second kappa shape index (κ2) is 5.83. The van der Waals surface area contributed by atoms with Gasteiger partial charge in [-0.25, -0.2) is 0 Å². The van der Waals surface area contributed by atoms with Gasteiger partial charge in [0.15, 0.2) is 0 Å². The summed E-state index contributed by atoms with van der Waals surface area (Å²) in [6.45, 7) is 4.13. The lowest BCUT2D eigenvalue weighted by molar-refractivity contribution is 0.754. The molecule has 2 nitrogen and oxygen atoms in total. The molecule has 3 aromatic rings. The molecule has 0 aliphatic carbocycles. The van der Waals surface area contributed by atoms with Crippen LogP contribution in [0.3, 0.4) is 0 Å². The molecule has 102 valence electrons. The van der Waals surface area contributed by atoms with Crippen molar-refractivity contribution < 1.29 is 0 Å². The van der Waals surface area contributed by atoms with Gasteiger partial charge < -0.3 is 9.88 Å². The van der Waals surface area contributed by atoms with Gasteiger partial charge in [0.05, 0.1) is 5.52 Å². The van der Waals surface area contributed by atoms with Crippen LogP contribution >= 0.6 is 0 Å². The number of hydrogen-bond acceptors (Lipinski definition) is 1. The molecule has 1 N–H and O–H groups in total. The van der Waals surface area contributed by atoms with E-state index in [2.05, 4.69) is 71.5 Å². The van der Waals surface area contributed by atoms with E-state index in [0.717, 1.165) is 19.5 Å². The van der Waals surface area contributed by atoms with Crippen molar-refractivity contribution in [3.8, 4) is 0 Å². The number of aryl methyl sites for hydroxylation is 1. The Morgan fingerprint density at radius 3 is 2.60 bits per heavy atom. The predicted molar refractivity (Wildman–Crippen MR) is 86.2 cm³/mol. The zero-order valence-corrected chi connectivity index (χ0v) is 11.8. The highest BCUT2D eigenvalue weighted by molar-refractivity contribution is 5.83. The van der Waals surface area contributed by atoms with E-state index in [-0.39, 0.29) is 0 Å². The Morgan fingerprint density at radius 2 is 1.80 bits per heavy atom. The van der Waals surface area contributed by atoms with Crippen LogP contribution in [0.5, 0.6) is 0 Å². The molecule has 3 rings (SSSR count). The van der Waals surface area contributed by atoms with Crippen LogP contribution in [-0.2, 0) is 13.0 Å². The summed E-state index contributed by atoms with van der Waals surface area (Å²) in [5, 5.41) is 4.80. The van der Waals surface area contributed by atoms with Crippen LogP contribution in [0.1, 0.15) is 12.5 Å². The lowest BCUT2D eigenvalue weighted by Crippen LogP contribution is -2.10. The lowest BCUT2D eigenvalue weighted by atomic mass is 10.1. The van der Waals surface area contributed by atoms with Gasteiger partial charge in [0.25, 0.3) is 0 Å². The molecular weight excluding hydrogens is 244 g/mol. The van der Waals surface area contributed by atoms with Gasteiger partial charge in [0.1, 0.15) is 0 Å². The molecule has 0 unspecified atom stereocenters. The first-order valence-corrected chi connectivity index (χ1v) is 7.24. The van der Waals surface area contributed by atoms with Crippen molar-refractivity contribution in [3.05, 3.63) is 66.4 Å². The summed E-state index contributed by atoms with van der Waals surface area (Å²) < 4.78 is 2.35. The molecule has 1 aromatic heterocycles. The summed E-state index contributed by atoms with van der Waals surface area (Å²) in [5.74, 6) is 0. The van der Waals surface area contributed by atoms with Gasteiger partial charge in [-0.1, -0.05) is 43.3 Å². The number of hydrogen-bond donors (Lipinski definition) is 1. The number of nitrogens with zero attached hydrogens (tertiary/aromatic N) is 1. The van der Waals surface area contributed by atoms with E-state index < -0.39 is 0 Å². The molecule has 0 atom stereocenters. The first-order chi connectivity index (χ1) is 9.88. The minimum atomic E-state index is 0.936. The van der Waals surface area contributed by atoms with Crippen molar-refractivity contribution in [2.75, 3.05) is 11.9 Å². The van der Waals surface area contributed by atoms with Crippen molar-refractivity contribution in [1.29, 1.82) is 0 Å². The maximum Gasteiger partial charge on any atom is 0.0513 e. The number of rotatable bonds is 5. The van der Waals surface area contributed by atoms with Crippen molar-refractivity contribution >= 4 is 16.6 Å². The van der Waals surface area contributed by atoms with Crippen LogP contribution in [0.2, 0.25) is 0 Å². The van der Waals surface area contributed by atoms with E-state index in [0.29, 0.717) is 0 Å². The fraction of sp³-hybridized carbons (Fsp3) is 0.222. The number of fused-ring (bicyclic) bond motifs is 1. The summed E-state index contributed by atoms with van der Waals surface area (Å²) >= 11 is 0. The Balaban J connectivity index is 1.75. The SMILES string of the molecule is CCc1cccc2ccn(CCNc3ccccc3)c12. The second-order valence-electron chi connectivity index (χ2n) is 5.01. The summed E-state index contributed by atoms with van der Waals surface area (Å²) in [5.41, 5.74) is 3.98. The Labute approximate surface area is 120 Å². The van der Waals surface area contributed by atoms with Crippen molar-refractivity contribution in [1.82, 2.24) is 4.57 Å². The van der Waals surface area contributed by atoms with E-state index in [1.165, 1.54) is 22.2 Å². The lowest BCUT2D eigenvalue weighted by Gasteiger charge is -2.10. The zero-order valence-electron chi connectivity index (χ0n) is 11.8. The molecule has 0 aliphatic rings. The monoisotopic (exact) mass is 264 g/mol. The average Bonchev–Trinajstić information content (AvgIpc) is 2.92. The second-order valence-corrected chi connectivity index (χ2v) is 5.01. The largest absolute Gasteiger partial charge is 0.383 e. The van der Waals surface area contributed by atoms with E-state index in [1.54, 1.807) is 0 Å². The predicted octanol–water partition coefficient (Wildman–Crippen LogP) is 4.32. The fourth-order valence-corrected chi connectivity index (χ4v) is 2.69. The van der Waals surface area contributed by atoms with Gasteiger partial charge in [-0.05, 0) is 35.6 Å². The van der Waals surface area contributed by atoms with Gasteiger partial charge >= 0.3 is 0 Å². The number of nitrogens with one attached hydrogen (secondary N) is 1. The molecule has 20 heavy (non-hydrogen) atoms. The van der Waals surface area contributed by atoms with Crippen molar-refractivity contribution in [2.24, 2.45) is 0 Å². The summed E-state index contributed by atoms with van der Waals surface area (Å²) in [6, 6.07) is 19.1. The molecule has 2 aromatic carbocycles. The molecule has 0 saturated heterocycles. The van der Waals surface area contributed by atoms with Gasteiger partial charge in [-0.15, -0.1) is 0 Å². The molecule has 0 bridgehead atoms. The number of benzene rings is 2. The van der Waals surface area contributed by atoms with Crippen LogP contribution < -0.4 is 5.32 Å². The van der Waals surface area contributed by atoms with E-state index in [1.807, 2.05) is 6.07 Å². The van der Waals surface area contributed by atoms with Gasteiger partial charge in [-0.2, -0.15) is 0 Å². The molecule has 0 amide bonds. The third kappa shape index (κ3) is 2.55. The molecule has 0 saturated carbocycles. The van der Waals surface area contributed by atoms with Crippen LogP contribution in [0, 0.1) is 0 Å². The van der Waals surface area contributed by atoms with Gasteiger partial charge in [-0.3, -0.25) is 0 Å². The Bertz CT molecular complexity index is 683. The summed E-state index contributed by atoms with van der Waals surface area (Å²) in [6.07, 6.45) is 3.27. The summed E-state index contributed by atoms with van der Waals surface area (Å²) in [4.78, 5) is 0. The Kier molecular flexibility index (Phi) is 3.73. The molecule has 0 spiro atoms. The van der Waals surface area contributed by atoms with Crippen LogP contribution in [-0.4, -0.2) is 11.1 Å². The average molecular weight is 264 g/mol. The Hall–Kier alpha value is -2.22. The molecule has 0 radical (unpaired) electrons. The van der Waals surface area contributed by atoms with Crippen LogP contribution in [0.25, 0.3) is 10.9 Å². The molecular formula is C18H20N2. The normalized spacial score (nSPS) is 10.8. The quantitative estimate of drug-likeness (QED) is 0.726. The van der Waals surface area contributed by atoms with E-state index in [9.17, 15) is 0 Å². The first-order valence-electron chi connectivity index (χ1n) is 7.24. The molecule has 0 fully saturated rings. The fourth-order valence-electron chi connectivity index (χ4n) is 2.69. The third-order valence-electron chi connectivity index (χ3n) is 3.71.